The summed E-state index contributed by atoms with van der Waals surface area (Å²) < 4.78 is 5.98. The van der Waals surface area contributed by atoms with E-state index in [9.17, 15) is 0 Å². The van der Waals surface area contributed by atoms with E-state index in [0.29, 0.717) is 6.61 Å². The van der Waals surface area contributed by atoms with Gasteiger partial charge in [0, 0.05) is 0 Å². The van der Waals surface area contributed by atoms with Crippen molar-refractivity contribution in [3.8, 4) is 5.75 Å². The SMILES string of the molecule is CCCCCCC/C=C/c1ccc(OCc2ccc(CCCCCCCC)cc2)cc1. The molecule has 0 atom stereocenters. The van der Waals surface area contributed by atoms with Gasteiger partial charge in [0.1, 0.15) is 12.4 Å². The van der Waals surface area contributed by atoms with Crippen LogP contribution in [0.2, 0.25) is 0 Å². The Kier molecular flexibility index (Phi) is 13.6. The average Bonchev–Trinajstić information content (AvgIpc) is 2.81. The molecule has 0 bridgehead atoms. The molecule has 1 heteroatoms. The van der Waals surface area contributed by atoms with Gasteiger partial charge in [-0.25, -0.2) is 0 Å². The Hall–Kier alpha value is -2.02. The van der Waals surface area contributed by atoms with Crippen LogP contribution < -0.4 is 4.74 Å². The number of ether oxygens (including phenoxy) is 1. The number of allylic oxidation sites excluding steroid dienone is 1. The van der Waals surface area contributed by atoms with Crippen molar-refractivity contribution in [2.75, 3.05) is 0 Å². The first kappa shape index (κ1) is 25.2. The minimum Gasteiger partial charge on any atom is -0.489 e. The van der Waals surface area contributed by atoms with Gasteiger partial charge in [0.15, 0.2) is 0 Å². The van der Waals surface area contributed by atoms with E-state index in [-0.39, 0.29) is 0 Å². The molecule has 0 fully saturated rings. The Morgan fingerprint density at radius 3 is 1.87 bits per heavy atom. The normalized spacial score (nSPS) is 11.3. The molecule has 2 aromatic carbocycles. The molecule has 2 rings (SSSR count). The second-order valence-electron chi connectivity index (χ2n) is 8.80. The highest BCUT2D eigenvalue weighted by molar-refractivity contribution is 5.50. The predicted octanol–water partition coefficient (Wildman–Crippen LogP) is 9.54. The Morgan fingerprint density at radius 1 is 0.613 bits per heavy atom. The summed E-state index contributed by atoms with van der Waals surface area (Å²) in [6.45, 7) is 5.17. The molecule has 2 aromatic rings. The third kappa shape index (κ3) is 11.8. The first-order valence-electron chi connectivity index (χ1n) is 12.8. The van der Waals surface area contributed by atoms with Gasteiger partial charge >= 0.3 is 0 Å². The van der Waals surface area contributed by atoms with Crippen molar-refractivity contribution in [1.82, 2.24) is 0 Å². The lowest BCUT2D eigenvalue weighted by Gasteiger charge is -2.08. The van der Waals surface area contributed by atoms with Gasteiger partial charge in [-0.3, -0.25) is 0 Å². The molecule has 0 saturated carbocycles. The summed E-state index contributed by atoms with van der Waals surface area (Å²) in [5.41, 5.74) is 3.93. The molecular formula is C30H44O. The Morgan fingerprint density at radius 2 is 1.19 bits per heavy atom. The van der Waals surface area contributed by atoms with E-state index in [1.165, 1.54) is 100 Å². The van der Waals surface area contributed by atoms with Crippen LogP contribution in [0.25, 0.3) is 6.08 Å². The zero-order valence-corrected chi connectivity index (χ0v) is 20.1. The molecule has 0 amide bonds. The van der Waals surface area contributed by atoms with Crippen molar-refractivity contribution >= 4 is 6.08 Å². The Balaban J connectivity index is 1.63. The predicted molar refractivity (Wildman–Crippen MR) is 137 cm³/mol. The summed E-state index contributed by atoms with van der Waals surface area (Å²) in [4.78, 5) is 0. The fraction of sp³-hybridized carbons (Fsp3) is 0.533. The molecule has 0 aromatic heterocycles. The third-order valence-corrected chi connectivity index (χ3v) is 5.91. The van der Waals surface area contributed by atoms with Gasteiger partial charge < -0.3 is 4.74 Å². The van der Waals surface area contributed by atoms with Crippen LogP contribution in [0.5, 0.6) is 5.75 Å². The van der Waals surface area contributed by atoms with Crippen LogP contribution in [0.15, 0.2) is 54.6 Å². The maximum absolute atomic E-state index is 5.98. The number of unbranched alkanes of at least 4 members (excludes halogenated alkanes) is 10. The molecule has 0 saturated heterocycles. The van der Waals surface area contributed by atoms with E-state index in [0.717, 1.165) is 5.75 Å². The molecule has 0 aliphatic carbocycles. The lowest BCUT2D eigenvalue weighted by Crippen LogP contribution is -1.96. The summed E-state index contributed by atoms with van der Waals surface area (Å²) in [7, 11) is 0. The average molecular weight is 421 g/mol. The van der Waals surface area contributed by atoms with Gasteiger partial charge in [0.25, 0.3) is 0 Å². The monoisotopic (exact) mass is 420 g/mol. The van der Waals surface area contributed by atoms with Crippen LogP contribution in [0.4, 0.5) is 0 Å². The lowest BCUT2D eigenvalue weighted by atomic mass is 10.0. The number of rotatable bonds is 17. The summed E-state index contributed by atoms with van der Waals surface area (Å²) in [5, 5.41) is 0. The molecule has 0 heterocycles. The highest BCUT2D eigenvalue weighted by Crippen LogP contribution is 2.17. The van der Waals surface area contributed by atoms with E-state index in [4.69, 9.17) is 4.74 Å². The zero-order valence-electron chi connectivity index (χ0n) is 20.1. The summed E-state index contributed by atoms with van der Waals surface area (Å²) in [6.07, 6.45) is 21.8. The quantitative estimate of drug-likeness (QED) is 0.231. The van der Waals surface area contributed by atoms with Crippen molar-refractivity contribution in [3.63, 3.8) is 0 Å². The standard InChI is InChI=1S/C30H44O/c1-3-5-7-9-11-13-15-17-28-22-24-30(25-23-28)31-26-29-20-18-27(19-21-29)16-14-12-10-8-6-4-2/h15,17-25H,3-14,16,26H2,1-2H3/b17-15+. The van der Waals surface area contributed by atoms with Crippen molar-refractivity contribution in [1.29, 1.82) is 0 Å². The molecule has 0 spiro atoms. The van der Waals surface area contributed by atoms with E-state index in [1.54, 1.807) is 0 Å². The Labute approximate surface area is 191 Å². The fourth-order valence-corrected chi connectivity index (χ4v) is 3.84. The summed E-state index contributed by atoms with van der Waals surface area (Å²) in [6, 6.07) is 17.4. The molecule has 1 nitrogen and oxygen atoms in total. The largest absolute Gasteiger partial charge is 0.489 e. The van der Waals surface area contributed by atoms with Crippen molar-refractivity contribution in [2.24, 2.45) is 0 Å². The maximum atomic E-state index is 5.98. The minimum atomic E-state index is 0.629. The highest BCUT2D eigenvalue weighted by Gasteiger charge is 1.99. The van der Waals surface area contributed by atoms with E-state index >= 15 is 0 Å². The van der Waals surface area contributed by atoms with E-state index in [1.807, 2.05) is 0 Å². The lowest BCUT2D eigenvalue weighted by molar-refractivity contribution is 0.306. The second kappa shape index (κ2) is 16.6. The van der Waals surface area contributed by atoms with Crippen LogP contribution in [0.3, 0.4) is 0 Å². The number of hydrogen-bond donors (Lipinski definition) is 0. The fourth-order valence-electron chi connectivity index (χ4n) is 3.84. The van der Waals surface area contributed by atoms with Gasteiger partial charge in [-0.1, -0.05) is 120 Å². The second-order valence-corrected chi connectivity index (χ2v) is 8.80. The maximum Gasteiger partial charge on any atom is 0.119 e. The third-order valence-electron chi connectivity index (χ3n) is 5.91. The molecule has 0 aliphatic rings. The summed E-state index contributed by atoms with van der Waals surface area (Å²) >= 11 is 0. The van der Waals surface area contributed by atoms with Crippen molar-refractivity contribution < 1.29 is 4.74 Å². The van der Waals surface area contributed by atoms with Crippen LogP contribution >= 0.6 is 0 Å². The molecule has 170 valence electrons. The molecule has 31 heavy (non-hydrogen) atoms. The molecule has 0 aliphatic heterocycles. The van der Waals surface area contributed by atoms with Gasteiger partial charge in [-0.2, -0.15) is 0 Å². The number of benzene rings is 2. The molecule has 0 N–H and O–H groups in total. The van der Waals surface area contributed by atoms with Crippen LogP contribution in [-0.2, 0) is 13.0 Å². The van der Waals surface area contributed by atoms with E-state index in [2.05, 4.69) is 74.5 Å². The van der Waals surface area contributed by atoms with Gasteiger partial charge in [0.2, 0.25) is 0 Å². The van der Waals surface area contributed by atoms with Crippen molar-refractivity contribution in [3.05, 3.63) is 71.3 Å². The van der Waals surface area contributed by atoms with Gasteiger partial charge in [-0.05, 0) is 54.5 Å². The minimum absolute atomic E-state index is 0.629. The number of hydrogen-bond acceptors (Lipinski definition) is 1. The number of aryl methyl sites for hydroxylation is 1. The first-order valence-corrected chi connectivity index (χ1v) is 12.8. The topological polar surface area (TPSA) is 9.23 Å². The van der Waals surface area contributed by atoms with Gasteiger partial charge in [0.05, 0.1) is 0 Å². The first-order chi connectivity index (χ1) is 15.3. The highest BCUT2D eigenvalue weighted by atomic mass is 16.5. The molecule has 0 radical (unpaired) electrons. The van der Waals surface area contributed by atoms with Crippen LogP contribution in [0, 0.1) is 0 Å². The van der Waals surface area contributed by atoms with Crippen LogP contribution in [0.1, 0.15) is 108 Å². The van der Waals surface area contributed by atoms with Crippen molar-refractivity contribution in [2.45, 2.75) is 104 Å². The van der Waals surface area contributed by atoms with Gasteiger partial charge in [-0.15, -0.1) is 0 Å². The molecule has 0 unspecified atom stereocenters. The smallest absolute Gasteiger partial charge is 0.119 e. The molecular weight excluding hydrogens is 376 g/mol. The van der Waals surface area contributed by atoms with E-state index < -0.39 is 0 Å². The summed E-state index contributed by atoms with van der Waals surface area (Å²) in [5.74, 6) is 0.938. The van der Waals surface area contributed by atoms with Crippen LogP contribution in [-0.4, -0.2) is 0 Å². The zero-order chi connectivity index (χ0) is 22.0. The Bertz CT molecular complexity index is 696.